The first-order valence-electron chi connectivity index (χ1n) is 10.5. The zero-order valence-corrected chi connectivity index (χ0v) is 18.0. The maximum absolute atomic E-state index is 12.3. The summed E-state index contributed by atoms with van der Waals surface area (Å²) in [5.74, 6) is -0.156. The highest BCUT2D eigenvalue weighted by molar-refractivity contribution is 5.90. The lowest BCUT2D eigenvalue weighted by atomic mass is 10.2. The lowest BCUT2D eigenvalue weighted by molar-refractivity contribution is -0.143. The van der Waals surface area contributed by atoms with Gasteiger partial charge in [-0.1, -0.05) is 0 Å². The molecular formula is C21H30N4O6. The van der Waals surface area contributed by atoms with E-state index in [0.717, 1.165) is 26.2 Å². The summed E-state index contributed by atoms with van der Waals surface area (Å²) in [6, 6.07) is 6.94. The molecule has 1 aromatic carbocycles. The van der Waals surface area contributed by atoms with Crippen LogP contribution in [0.25, 0.3) is 0 Å². The average molecular weight is 434 g/mol. The van der Waals surface area contributed by atoms with E-state index in [1.54, 1.807) is 29.2 Å². The van der Waals surface area contributed by atoms with Gasteiger partial charge >= 0.3 is 18.2 Å². The number of rotatable bonds is 8. The number of carbonyl (C=O) groups is 3. The summed E-state index contributed by atoms with van der Waals surface area (Å²) in [7, 11) is 1.30. The maximum atomic E-state index is 12.3. The third-order valence-electron chi connectivity index (χ3n) is 5.35. The SMILES string of the molecule is CCOC(=O)CCN1CCN(CC2CN(c3ccc(NC(=O)OC)cc3)C(=O)O2)CC1. The number of esters is 1. The van der Waals surface area contributed by atoms with Crippen molar-refractivity contribution in [2.75, 3.05) is 69.7 Å². The van der Waals surface area contributed by atoms with Gasteiger partial charge in [-0.3, -0.25) is 19.9 Å². The third kappa shape index (κ3) is 6.56. The summed E-state index contributed by atoms with van der Waals surface area (Å²) in [5.41, 5.74) is 1.30. The molecule has 0 aromatic heterocycles. The van der Waals surface area contributed by atoms with Crippen LogP contribution in [0.1, 0.15) is 13.3 Å². The van der Waals surface area contributed by atoms with Crippen LogP contribution in [-0.4, -0.2) is 93.6 Å². The fraction of sp³-hybridized carbons (Fsp3) is 0.571. The summed E-state index contributed by atoms with van der Waals surface area (Å²) in [6.07, 6.45) is -0.704. The van der Waals surface area contributed by atoms with Crippen LogP contribution in [0.4, 0.5) is 21.0 Å². The first kappa shape index (κ1) is 22.8. The summed E-state index contributed by atoms with van der Waals surface area (Å²) in [5, 5.41) is 2.58. The van der Waals surface area contributed by atoms with E-state index in [4.69, 9.17) is 9.47 Å². The molecule has 10 heteroatoms. The minimum atomic E-state index is -0.547. The van der Waals surface area contributed by atoms with Crippen LogP contribution >= 0.6 is 0 Å². The summed E-state index contributed by atoms with van der Waals surface area (Å²) in [6.45, 7) is 7.57. The highest BCUT2D eigenvalue weighted by Crippen LogP contribution is 2.24. The van der Waals surface area contributed by atoms with Gasteiger partial charge in [-0.25, -0.2) is 9.59 Å². The molecule has 31 heavy (non-hydrogen) atoms. The van der Waals surface area contributed by atoms with Gasteiger partial charge in [0.2, 0.25) is 0 Å². The molecule has 1 N–H and O–H groups in total. The van der Waals surface area contributed by atoms with Crippen molar-refractivity contribution in [2.24, 2.45) is 0 Å². The van der Waals surface area contributed by atoms with Crippen LogP contribution in [0, 0.1) is 0 Å². The predicted molar refractivity (Wildman–Crippen MR) is 114 cm³/mol. The number of cyclic esters (lactones) is 1. The molecule has 170 valence electrons. The Labute approximate surface area is 182 Å². The molecular weight excluding hydrogens is 404 g/mol. The van der Waals surface area contributed by atoms with Crippen molar-refractivity contribution >= 4 is 29.5 Å². The fourth-order valence-corrected chi connectivity index (χ4v) is 3.69. The number of amides is 2. The second-order valence-corrected chi connectivity index (χ2v) is 7.48. The van der Waals surface area contributed by atoms with Crippen LogP contribution in [0.5, 0.6) is 0 Å². The summed E-state index contributed by atoms with van der Waals surface area (Å²) in [4.78, 5) is 41.2. The van der Waals surface area contributed by atoms with Crippen LogP contribution in [-0.2, 0) is 19.0 Å². The van der Waals surface area contributed by atoms with Crippen molar-refractivity contribution < 1.29 is 28.6 Å². The van der Waals surface area contributed by atoms with Crippen molar-refractivity contribution in [3.8, 4) is 0 Å². The van der Waals surface area contributed by atoms with Crippen molar-refractivity contribution in [2.45, 2.75) is 19.4 Å². The lowest BCUT2D eigenvalue weighted by Crippen LogP contribution is -2.49. The van der Waals surface area contributed by atoms with E-state index in [-0.39, 0.29) is 18.2 Å². The van der Waals surface area contributed by atoms with E-state index in [9.17, 15) is 14.4 Å². The lowest BCUT2D eigenvalue weighted by Gasteiger charge is -2.35. The molecule has 0 spiro atoms. The number of nitrogens with zero attached hydrogens (tertiary/aromatic N) is 3. The van der Waals surface area contributed by atoms with E-state index in [1.807, 2.05) is 6.92 Å². The highest BCUT2D eigenvalue weighted by Gasteiger charge is 2.34. The van der Waals surface area contributed by atoms with Crippen LogP contribution < -0.4 is 10.2 Å². The van der Waals surface area contributed by atoms with Crippen molar-refractivity contribution in [3.05, 3.63) is 24.3 Å². The van der Waals surface area contributed by atoms with Crippen molar-refractivity contribution in [1.82, 2.24) is 9.80 Å². The third-order valence-corrected chi connectivity index (χ3v) is 5.35. The standard InChI is InChI=1S/C21H30N4O6/c1-3-30-19(26)8-9-23-10-12-24(13-11-23)14-18-15-25(21(28)31-18)17-6-4-16(5-7-17)22-20(27)29-2/h4-7,18H,3,8-15H2,1-2H3,(H,22,27). The molecule has 0 radical (unpaired) electrons. The molecule has 1 atom stereocenters. The Morgan fingerprint density at radius 3 is 2.45 bits per heavy atom. The van der Waals surface area contributed by atoms with E-state index in [0.29, 0.717) is 44.0 Å². The number of nitrogens with one attached hydrogen (secondary N) is 1. The number of hydrogen-bond acceptors (Lipinski definition) is 8. The van der Waals surface area contributed by atoms with E-state index in [1.165, 1.54) is 7.11 Å². The normalized spacial score (nSPS) is 19.7. The van der Waals surface area contributed by atoms with Crippen LogP contribution in [0.2, 0.25) is 0 Å². The number of ether oxygens (including phenoxy) is 3. The van der Waals surface area contributed by atoms with Gasteiger partial charge in [0.05, 0.1) is 26.7 Å². The van der Waals surface area contributed by atoms with Gasteiger partial charge in [0.15, 0.2) is 0 Å². The Hall–Kier alpha value is -2.85. The predicted octanol–water partition coefficient (Wildman–Crippen LogP) is 1.76. The van der Waals surface area contributed by atoms with Gasteiger partial charge in [0, 0.05) is 50.6 Å². The Balaban J connectivity index is 1.43. The summed E-state index contributed by atoms with van der Waals surface area (Å²) >= 11 is 0. The monoisotopic (exact) mass is 434 g/mol. The van der Waals surface area contributed by atoms with Gasteiger partial charge in [-0.2, -0.15) is 0 Å². The molecule has 3 rings (SSSR count). The molecule has 0 saturated carbocycles. The first-order chi connectivity index (χ1) is 15.0. The van der Waals surface area contributed by atoms with Crippen LogP contribution in [0.3, 0.4) is 0 Å². The molecule has 1 aromatic rings. The minimum Gasteiger partial charge on any atom is -0.466 e. The Bertz CT molecular complexity index is 764. The molecule has 0 aliphatic carbocycles. The van der Waals surface area contributed by atoms with Gasteiger partial charge < -0.3 is 19.1 Å². The van der Waals surface area contributed by atoms with Crippen molar-refractivity contribution in [3.63, 3.8) is 0 Å². The molecule has 10 nitrogen and oxygen atoms in total. The maximum Gasteiger partial charge on any atom is 0.414 e. The van der Waals surface area contributed by atoms with Crippen molar-refractivity contribution in [1.29, 1.82) is 0 Å². The van der Waals surface area contributed by atoms with Crippen LogP contribution in [0.15, 0.2) is 24.3 Å². The van der Waals surface area contributed by atoms with E-state index >= 15 is 0 Å². The molecule has 2 heterocycles. The average Bonchev–Trinajstić information content (AvgIpc) is 3.13. The zero-order valence-electron chi connectivity index (χ0n) is 18.0. The Morgan fingerprint density at radius 1 is 1.13 bits per heavy atom. The molecule has 1 unspecified atom stereocenters. The number of anilines is 2. The second-order valence-electron chi connectivity index (χ2n) is 7.48. The molecule has 2 aliphatic rings. The quantitative estimate of drug-likeness (QED) is 0.488. The van der Waals surface area contributed by atoms with Gasteiger partial charge in [0.25, 0.3) is 0 Å². The number of hydrogen-bond donors (Lipinski definition) is 1. The van der Waals surface area contributed by atoms with E-state index in [2.05, 4.69) is 19.9 Å². The fourth-order valence-electron chi connectivity index (χ4n) is 3.69. The molecule has 2 fully saturated rings. The Morgan fingerprint density at radius 2 is 1.81 bits per heavy atom. The largest absolute Gasteiger partial charge is 0.466 e. The second kappa shape index (κ2) is 11.0. The topological polar surface area (TPSA) is 101 Å². The number of carbonyl (C=O) groups excluding carboxylic acids is 3. The molecule has 2 saturated heterocycles. The highest BCUT2D eigenvalue weighted by atomic mass is 16.6. The number of methoxy groups -OCH3 is 1. The Kier molecular flexibility index (Phi) is 8.07. The zero-order chi connectivity index (χ0) is 22.2. The first-order valence-corrected chi connectivity index (χ1v) is 10.5. The minimum absolute atomic E-state index is 0.156. The molecule has 2 aliphatic heterocycles. The van der Waals surface area contributed by atoms with Gasteiger partial charge in [0.1, 0.15) is 6.10 Å². The number of piperazine rings is 1. The molecule has 2 amide bonds. The smallest absolute Gasteiger partial charge is 0.414 e. The number of benzene rings is 1. The summed E-state index contributed by atoms with van der Waals surface area (Å²) < 4.78 is 15.1. The van der Waals surface area contributed by atoms with E-state index < -0.39 is 6.09 Å². The van der Waals surface area contributed by atoms with Gasteiger partial charge in [-0.15, -0.1) is 0 Å². The molecule has 0 bridgehead atoms. The van der Waals surface area contributed by atoms with Gasteiger partial charge in [-0.05, 0) is 31.2 Å².